The second-order valence-electron chi connectivity index (χ2n) is 4.88. The van der Waals surface area contributed by atoms with Crippen LogP contribution < -0.4 is 14.8 Å². The van der Waals surface area contributed by atoms with Crippen molar-refractivity contribution in [3.8, 4) is 11.5 Å². The van der Waals surface area contributed by atoms with Crippen LogP contribution in [0.15, 0.2) is 40.2 Å². The topological polar surface area (TPSA) is 47.6 Å². The molecule has 4 nitrogen and oxygen atoms in total. The molecule has 0 radical (unpaired) electrons. The molecular formula is C17H16BrF2NO3S. The maximum absolute atomic E-state index is 12.4. The Morgan fingerprint density at radius 1 is 1.32 bits per heavy atom. The van der Waals surface area contributed by atoms with E-state index in [9.17, 15) is 13.6 Å². The highest BCUT2D eigenvalue weighted by atomic mass is 79.9. The molecule has 0 spiro atoms. The van der Waals surface area contributed by atoms with Crippen LogP contribution in [0.2, 0.25) is 0 Å². The minimum Gasteiger partial charge on any atom is -0.493 e. The molecule has 0 aliphatic rings. The van der Waals surface area contributed by atoms with Gasteiger partial charge >= 0.3 is 6.61 Å². The molecular weight excluding hydrogens is 416 g/mol. The van der Waals surface area contributed by atoms with Gasteiger partial charge < -0.3 is 14.8 Å². The molecule has 0 aliphatic carbocycles. The number of nitrogens with one attached hydrogen (secondary N) is 1. The number of rotatable bonds is 8. The van der Waals surface area contributed by atoms with E-state index in [1.165, 1.54) is 30.6 Å². The van der Waals surface area contributed by atoms with E-state index in [0.29, 0.717) is 13.0 Å². The molecule has 2 rings (SSSR count). The number of hydrogen-bond donors (Lipinski definition) is 1. The lowest BCUT2D eigenvalue weighted by Crippen LogP contribution is -2.23. The summed E-state index contributed by atoms with van der Waals surface area (Å²) in [7, 11) is 1.38. The molecule has 8 heteroatoms. The molecule has 0 atom stereocenters. The summed E-state index contributed by atoms with van der Waals surface area (Å²) in [5.74, 6) is -0.00953. The van der Waals surface area contributed by atoms with Crippen molar-refractivity contribution < 1.29 is 23.0 Å². The number of benzene rings is 1. The second-order valence-corrected chi connectivity index (χ2v) is 7.37. The molecule has 0 fully saturated rings. The zero-order valence-corrected chi connectivity index (χ0v) is 15.7. The number of thiophene rings is 1. The number of carbonyl (C=O) groups is 1. The van der Waals surface area contributed by atoms with E-state index >= 15 is 0 Å². The van der Waals surface area contributed by atoms with Gasteiger partial charge in [0.1, 0.15) is 0 Å². The molecule has 0 bridgehead atoms. The number of halogens is 3. The van der Waals surface area contributed by atoms with E-state index < -0.39 is 6.61 Å². The molecule has 1 aromatic carbocycles. The molecule has 1 heterocycles. The van der Waals surface area contributed by atoms with Gasteiger partial charge in [0.15, 0.2) is 11.5 Å². The van der Waals surface area contributed by atoms with E-state index in [-0.39, 0.29) is 17.4 Å². The maximum atomic E-state index is 12.4. The van der Waals surface area contributed by atoms with Crippen molar-refractivity contribution in [1.29, 1.82) is 0 Å². The lowest BCUT2D eigenvalue weighted by Gasteiger charge is -2.11. The van der Waals surface area contributed by atoms with E-state index in [0.717, 1.165) is 14.2 Å². The minimum atomic E-state index is -2.92. The van der Waals surface area contributed by atoms with Crippen molar-refractivity contribution in [2.75, 3.05) is 13.7 Å². The smallest absolute Gasteiger partial charge is 0.387 e. The van der Waals surface area contributed by atoms with Crippen molar-refractivity contribution in [2.45, 2.75) is 13.0 Å². The monoisotopic (exact) mass is 431 g/mol. The lowest BCUT2D eigenvalue weighted by molar-refractivity contribution is -0.116. The van der Waals surface area contributed by atoms with Crippen LogP contribution >= 0.6 is 27.3 Å². The zero-order chi connectivity index (χ0) is 18.2. The summed E-state index contributed by atoms with van der Waals surface area (Å²) in [5, 5.41) is 2.74. The molecule has 1 N–H and O–H groups in total. The standard InChI is InChI=1S/C17H16BrF2NO3S/c1-23-13-5-2-11(10-14(13)24-17(19)20)8-9-21-16(22)7-4-12-3-6-15(18)25-12/h2-7,10,17H,8-9H2,1H3,(H,21,22)/b7-4+. The van der Waals surface area contributed by atoms with Crippen molar-refractivity contribution in [3.63, 3.8) is 0 Å². The van der Waals surface area contributed by atoms with Crippen LogP contribution in [-0.2, 0) is 11.2 Å². The summed E-state index contributed by atoms with van der Waals surface area (Å²) in [6, 6.07) is 8.59. The van der Waals surface area contributed by atoms with Crippen LogP contribution in [0.1, 0.15) is 10.4 Å². The quantitative estimate of drug-likeness (QED) is 0.626. The molecule has 0 saturated heterocycles. The molecule has 0 saturated carbocycles. The van der Waals surface area contributed by atoms with E-state index in [2.05, 4.69) is 26.0 Å². The summed E-state index contributed by atoms with van der Waals surface area (Å²) < 4.78 is 35.2. The van der Waals surface area contributed by atoms with Gasteiger partial charge in [-0.05, 0) is 58.3 Å². The van der Waals surface area contributed by atoms with Gasteiger partial charge in [-0.25, -0.2) is 0 Å². The van der Waals surface area contributed by atoms with E-state index in [4.69, 9.17) is 4.74 Å². The first-order chi connectivity index (χ1) is 12.0. The third kappa shape index (κ3) is 6.47. The van der Waals surface area contributed by atoms with Crippen LogP contribution in [0.3, 0.4) is 0 Å². The van der Waals surface area contributed by atoms with Crippen molar-refractivity contribution in [2.24, 2.45) is 0 Å². The molecule has 1 aromatic heterocycles. The van der Waals surface area contributed by atoms with Crippen LogP contribution in [-0.4, -0.2) is 26.2 Å². The maximum Gasteiger partial charge on any atom is 0.387 e. The van der Waals surface area contributed by atoms with Crippen LogP contribution in [0.5, 0.6) is 11.5 Å². The van der Waals surface area contributed by atoms with Gasteiger partial charge in [0.05, 0.1) is 10.9 Å². The third-order valence-electron chi connectivity index (χ3n) is 3.15. The molecule has 134 valence electrons. The number of ether oxygens (including phenoxy) is 2. The Morgan fingerprint density at radius 3 is 2.76 bits per heavy atom. The van der Waals surface area contributed by atoms with Crippen molar-refractivity contribution in [1.82, 2.24) is 5.32 Å². The van der Waals surface area contributed by atoms with Gasteiger partial charge in [-0.2, -0.15) is 8.78 Å². The van der Waals surface area contributed by atoms with Gasteiger partial charge in [-0.3, -0.25) is 4.79 Å². The Kier molecular flexibility index (Phi) is 7.39. The number of carbonyl (C=O) groups excluding carboxylic acids is 1. The summed E-state index contributed by atoms with van der Waals surface area (Å²) in [5.41, 5.74) is 0.753. The Hall–Kier alpha value is -1.93. The Balaban J connectivity index is 1.86. The van der Waals surface area contributed by atoms with Crippen LogP contribution in [0, 0.1) is 0 Å². The number of methoxy groups -OCH3 is 1. The first kappa shape index (κ1) is 19.4. The molecule has 1 amide bonds. The fourth-order valence-corrected chi connectivity index (χ4v) is 3.36. The largest absolute Gasteiger partial charge is 0.493 e. The van der Waals surface area contributed by atoms with Crippen LogP contribution in [0.25, 0.3) is 6.08 Å². The summed E-state index contributed by atoms with van der Waals surface area (Å²) >= 11 is 4.88. The van der Waals surface area contributed by atoms with Gasteiger partial charge in [-0.1, -0.05) is 6.07 Å². The van der Waals surface area contributed by atoms with Crippen LogP contribution in [0.4, 0.5) is 8.78 Å². The number of hydrogen-bond acceptors (Lipinski definition) is 4. The zero-order valence-electron chi connectivity index (χ0n) is 13.3. The lowest BCUT2D eigenvalue weighted by atomic mass is 10.1. The van der Waals surface area contributed by atoms with Crippen molar-refractivity contribution in [3.05, 3.63) is 50.6 Å². The van der Waals surface area contributed by atoms with Gasteiger partial charge in [0.2, 0.25) is 5.91 Å². The second kappa shape index (κ2) is 9.53. The summed E-state index contributed by atoms with van der Waals surface area (Å²) in [6.07, 6.45) is 3.66. The number of alkyl halides is 2. The molecule has 0 unspecified atom stereocenters. The molecule has 25 heavy (non-hydrogen) atoms. The van der Waals surface area contributed by atoms with Gasteiger partial charge in [0, 0.05) is 17.5 Å². The minimum absolute atomic E-state index is 0.0236. The Labute approximate surface area is 156 Å². The fourth-order valence-electron chi connectivity index (χ4n) is 2.03. The fraction of sp³-hybridized carbons (Fsp3) is 0.235. The normalized spacial score (nSPS) is 11.1. The average molecular weight is 432 g/mol. The SMILES string of the molecule is COc1ccc(CCNC(=O)/C=C/c2ccc(Br)s2)cc1OC(F)F. The Bertz CT molecular complexity index is 749. The van der Waals surface area contributed by atoms with Gasteiger partial charge in [-0.15, -0.1) is 11.3 Å². The highest BCUT2D eigenvalue weighted by Crippen LogP contribution is 2.29. The number of amides is 1. The van der Waals surface area contributed by atoms with Gasteiger partial charge in [0.25, 0.3) is 0 Å². The van der Waals surface area contributed by atoms with Crippen molar-refractivity contribution >= 4 is 39.2 Å². The molecule has 0 aliphatic heterocycles. The summed E-state index contributed by atoms with van der Waals surface area (Å²) in [4.78, 5) is 12.7. The van der Waals surface area contributed by atoms with E-state index in [1.807, 2.05) is 12.1 Å². The summed E-state index contributed by atoms with van der Waals surface area (Å²) in [6.45, 7) is -2.55. The predicted octanol–water partition coefficient (Wildman–Crippen LogP) is 4.49. The predicted molar refractivity (Wildman–Crippen MR) is 97.4 cm³/mol. The first-order valence-corrected chi connectivity index (χ1v) is 8.92. The highest BCUT2D eigenvalue weighted by molar-refractivity contribution is 9.11. The first-order valence-electron chi connectivity index (χ1n) is 7.31. The molecule has 2 aromatic rings. The average Bonchev–Trinajstić information content (AvgIpc) is 2.98. The highest BCUT2D eigenvalue weighted by Gasteiger charge is 2.11. The third-order valence-corrected chi connectivity index (χ3v) is 4.74. The Morgan fingerprint density at radius 2 is 2.12 bits per heavy atom. The van der Waals surface area contributed by atoms with E-state index in [1.54, 1.807) is 18.2 Å².